The first kappa shape index (κ1) is 12.8. The molecule has 0 atom stereocenters. The zero-order valence-electron chi connectivity index (χ0n) is 10.9. The summed E-state index contributed by atoms with van der Waals surface area (Å²) in [5, 5.41) is 8.77. The van der Waals surface area contributed by atoms with Crippen molar-refractivity contribution in [3.63, 3.8) is 0 Å². The quantitative estimate of drug-likeness (QED) is 0.797. The van der Waals surface area contributed by atoms with Crippen LogP contribution in [0, 0.1) is 27.7 Å². The summed E-state index contributed by atoms with van der Waals surface area (Å²) in [7, 11) is 0. The van der Waals surface area contributed by atoms with E-state index in [-0.39, 0.29) is 5.78 Å². The van der Waals surface area contributed by atoms with E-state index in [4.69, 9.17) is 0 Å². The standard InChI is InChI=1S/C13H15N3OS/c1-7-5-11(9(3)16-15-7)12(17)6-13-14-8(2)10(4)18-13/h5H,6H2,1-4H3. The highest BCUT2D eigenvalue weighted by atomic mass is 32.1. The molecule has 2 aromatic heterocycles. The zero-order chi connectivity index (χ0) is 13.3. The molecule has 4 nitrogen and oxygen atoms in total. The molecule has 94 valence electrons. The number of hydrogen-bond donors (Lipinski definition) is 0. The lowest BCUT2D eigenvalue weighted by molar-refractivity contribution is 0.0991. The SMILES string of the molecule is Cc1cc(C(=O)Cc2nc(C)c(C)s2)c(C)nn1. The van der Waals surface area contributed by atoms with Gasteiger partial charge < -0.3 is 0 Å². The van der Waals surface area contributed by atoms with E-state index in [1.165, 1.54) is 4.88 Å². The predicted octanol–water partition coefficient (Wildman–Crippen LogP) is 2.59. The Labute approximate surface area is 110 Å². The fraction of sp³-hybridized carbons (Fsp3) is 0.385. The molecule has 0 saturated carbocycles. The third-order valence-electron chi connectivity index (χ3n) is 2.79. The highest BCUT2D eigenvalue weighted by Gasteiger charge is 2.14. The smallest absolute Gasteiger partial charge is 0.171 e. The topological polar surface area (TPSA) is 55.7 Å². The molecule has 0 aromatic carbocycles. The minimum Gasteiger partial charge on any atom is -0.294 e. The second kappa shape index (κ2) is 4.94. The molecule has 0 unspecified atom stereocenters. The lowest BCUT2D eigenvalue weighted by Gasteiger charge is -2.02. The summed E-state index contributed by atoms with van der Waals surface area (Å²) in [6.45, 7) is 7.62. The molecule has 0 fully saturated rings. The van der Waals surface area contributed by atoms with Crippen LogP contribution in [0.15, 0.2) is 6.07 Å². The van der Waals surface area contributed by atoms with Gasteiger partial charge in [0.1, 0.15) is 5.01 Å². The van der Waals surface area contributed by atoms with Gasteiger partial charge in [-0.15, -0.1) is 11.3 Å². The lowest BCUT2D eigenvalue weighted by atomic mass is 10.1. The number of ketones is 1. The van der Waals surface area contributed by atoms with Crippen LogP contribution in [0.5, 0.6) is 0 Å². The summed E-state index contributed by atoms with van der Waals surface area (Å²) in [6, 6.07) is 1.79. The summed E-state index contributed by atoms with van der Waals surface area (Å²) < 4.78 is 0. The number of thiazole rings is 1. The highest BCUT2D eigenvalue weighted by Crippen LogP contribution is 2.19. The Hall–Kier alpha value is -1.62. The molecule has 2 rings (SSSR count). The Kier molecular flexibility index (Phi) is 3.52. The van der Waals surface area contributed by atoms with E-state index in [2.05, 4.69) is 15.2 Å². The molecular formula is C13H15N3OS. The van der Waals surface area contributed by atoms with E-state index in [9.17, 15) is 4.79 Å². The van der Waals surface area contributed by atoms with Gasteiger partial charge >= 0.3 is 0 Å². The second-order valence-electron chi connectivity index (χ2n) is 4.33. The molecule has 0 bridgehead atoms. The number of aromatic nitrogens is 3. The van der Waals surface area contributed by atoms with Crippen LogP contribution in [0.2, 0.25) is 0 Å². The minimum atomic E-state index is 0.0549. The van der Waals surface area contributed by atoms with Crippen LogP contribution >= 0.6 is 11.3 Å². The first-order valence-electron chi connectivity index (χ1n) is 5.74. The van der Waals surface area contributed by atoms with Crippen molar-refractivity contribution in [3.05, 3.63) is 38.6 Å². The molecule has 2 heterocycles. The minimum absolute atomic E-state index is 0.0549. The monoisotopic (exact) mass is 261 g/mol. The zero-order valence-corrected chi connectivity index (χ0v) is 11.8. The van der Waals surface area contributed by atoms with Gasteiger partial charge in [0, 0.05) is 10.4 Å². The Balaban J connectivity index is 2.24. The summed E-state index contributed by atoms with van der Waals surface area (Å²) >= 11 is 1.58. The number of carbonyl (C=O) groups is 1. The van der Waals surface area contributed by atoms with E-state index in [0.717, 1.165) is 16.4 Å². The predicted molar refractivity (Wildman–Crippen MR) is 71.1 cm³/mol. The first-order valence-corrected chi connectivity index (χ1v) is 6.56. The Morgan fingerprint density at radius 2 is 1.89 bits per heavy atom. The van der Waals surface area contributed by atoms with Gasteiger partial charge in [0.25, 0.3) is 0 Å². The van der Waals surface area contributed by atoms with E-state index in [1.54, 1.807) is 24.3 Å². The third-order valence-corrected chi connectivity index (χ3v) is 3.86. The Morgan fingerprint density at radius 3 is 2.50 bits per heavy atom. The van der Waals surface area contributed by atoms with Gasteiger partial charge in [0.2, 0.25) is 0 Å². The van der Waals surface area contributed by atoms with Gasteiger partial charge in [-0.1, -0.05) is 0 Å². The number of nitrogens with zero attached hydrogens (tertiary/aromatic N) is 3. The van der Waals surface area contributed by atoms with Crippen molar-refractivity contribution < 1.29 is 4.79 Å². The van der Waals surface area contributed by atoms with Crippen molar-refractivity contribution >= 4 is 17.1 Å². The molecule has 0 N–H and O–H groups in total. The molecule has 0 aliphatic rings. The van der Waals surface area contributed by atoms with E-state index in [1.807, 2.05) is 20.8 Å². The fourth-order valence-electron chi connectivity index (χ4n) is 1.68. The van der Waals surface area contributed by atoms with Gasteiger partial charge in [-0.3, -0.25) is 4.79 Å². The molecule has 0 saturated heterocycles. The summed E-state index contributed by atoms with van der Waals surface area (Å²) in [6.07, 6.45) is 0.339. The molecular weight excluding hydrogens is 246 g/mol. The maximum absolute atomic E-state index is 12.2. The first-order chi connectivity index (χ1) is 8.47. The Morgan fingerprint density at radius 1 is 1.17 bits per heavy atom. The number of Topliss-reactive ketones (excluding diaryl/α,β-unsaturated/α-hetero) is 1. The van der Waals surface area contributed by atoms with Crippen molar-refractivity contribution in [1.82, 2.24) is 15.2 Å². The molecule has 0 amide bonds. The van der Waals surface area contributed by atoms with Gasteiger partial charge in [-0.2, -0.15) is 10.2 Å². The molecule has 5 heteroatoms. The second-order valence-corrected chi connectivity index (χ2v) is 5.62. The van der Waals surface area contributed by atoms with Crippen molar-refractivity contribution in [2.45, 2.75) is 34.1 Å². The van der Waals surface area contributed by atoms with Crippen LogP contribution in [0.4, 0.5) is 0 Å². The fourth-order valence-corrected chi connectivity index (χ4v) is 2.61. The van der Waals surface area contributed by atoms with Gasteiger partial charge in [0.05, 0.1) is 23.5 Å². The average molecular weight is 261 g/mol. The normalized spacial score (nSPS) is 10.7. The van der Waals surface area contributed by atoms with Crippen molar-refractivity contribution in [3.8, 4) is 0 Å². The number of hydrogen-bond acceptors (Lipinski definition) is 5. The van der Waals surface area contributed by atoms with Gasteiger partial charge in [-0.25, -0.2) is 4.98 Å². The number of carbonyl (C=O) groups excluding carboxylic acids is 1. The maximum Gasteiger partial charge on any atom is 0.171 e. The van der Waals surface area contributed by atoms with Crippen LogP contribution in [-0.4, -0.2) is 21.0 Å². The molecule has 0 spiro atoms. The van der Waals surface area contributed by atoms with Gasteiger partial charge in [0.15, 0.2) is 5.78 Å². The van der Waals surface area contributed by atoms with E-state index >= 15 is 0 Å². The molecule has 0 aliphatic carbocycles. The molecule has 0 radical (unpaired) electrons. The van der Waals surface area contributed by atoms with Crippen LogP contribution in [0.25, 0.3) is 0 Å². The average Bonchev–Trinajstić information content (AvgIpc) is 2.61. The number of aryl methyl sites for hydroxylation is 4. The third kappa shape index (κ3) is 2.61. The lowest BCUT2D eigenvalue weighted by Crippen LogP contribution is -2.08. The van der Waals surface area contributed by atoms with Gasteiger partial charge in [-0.05, 0) is 33.8 Å². The largest absolute Gasteiger partial charge is 0.294 e. The van der Waals surface area contributed by atoms with Crippen LogP contribution in [-0.2, 0) is 6.42 Å². The van der Waals surface area contributed by atoms with Crippen LogP contribution < -0.4 is 0 Å². The van der Waals surface area contributed by atoms with Crippen molar-refractivity contribution in [1.29, 1.82) is 0 Å². The van der Waals surface area contributed by atoms with Crippen molar-refractivity contribution in [2.75, 3.05) is 0 Å². The number of rotatable bonds is 3. The molecule has 0 aliphatic heterocycles. The van der Waals surface area contributed by atoms with Crippen molar-refractivity contribution in [2.24, 2.45) is 0 Å². The van der Waals surface area contributed by atoms with Crippen LogP contribution in [0.3, 0.4) is 0 Å². The highest BCUT2D eigenvalue weighted by molar-refractivity contribution is 7.11. The summed E-state index contributed by atoms with van der Waals surface area (Å²) in [4.78, 5) is 17.8. The molecule has 18 heavy (non-hydrogen) atoms. The summed E-state index contributed by atoms with van der Waals surface area (Å²) in [5.74, 6) is 0.0549. The maximum atomic E-state index is 12.2. The summed E-state index contributed by atoms with van der Waals surface area (Å²) in [5.41, 5.74) is 3.09. The van der Waals surface area contributed by atoms with E-state index < -0.39 is 0 Å². The van der Waals surface area contributed by atoms with Crippen LogP contribution in [0.1, 0.15) is 37.3 Å². The Bertz CT molecular complexity index is 585. The van der Waals surface area contributed by atoms with E-state index in [0.29, 0.717) is 17.7 Å². The molecule has 2 aromatic rings.